The third-order valence-corrected chi connectivity index (χ3v) is 8.66. The summed E-state index contributed by atoms with van der Waals surface area (Å²) < 4.78 is 7.13. The molecule has 1 aliphatic heterocycles. The molecule has 0 saturated carbocycles. The summed E-state index contributed by atoms with van der Waals surface area (Å²) in [7, 11) is 0. The number of benzene rings is 2. The van der Waals surface area contributed by atoms with Crippen molar-refractivity contribution in [2.45, 2.75) is 63.2 Å². The number of ether oxygens (including phenoxy) is 1. The minimum atomic E-state index is -1.45. The number of fused-ring (bicyclic) bond motifs is 2. The fraction of sp³-hybridized carbons (Fsp3) is 0.353. The molecule has 0 radical (unpaired) electrons. The number of nitrogens with two attached hydrogens (primary N) is 1. The number of aliphatic hydroxyl groups is 2. The quantitative estimate of drug-likeness (QED) is 0.0818. The van der Waals surface area contributed by atoms with Crippen LogP contribution in [0.2, 0.25) is 0 Å². The molecule has 3 aromatic heterocycles. The zero-order valence-corrected chi connectivity index (χ0v) is 27.2. The van der Waals surface area contributed by atoms with Gasteiger partial charge in [0.1, 0.15) is 23.8 Å². The van der Waals surface area contributed by atoms with Gasteiger partial charge < -0.3 is 46.7 Å². The summed E-state index contributed by atoms with van der Waals surface area (Å²) >= 11 is 0. The van der Waals surface area contributed by atoms with Gasteiger partial charge in [-0.05, 0) is 42.5 Å². The minimum Gasteiger partial charge on any atom is -0.480 e. The number of H-pyrrole nitrogens is 1. The fourth-order valence-electron chi connectivity index (χ4n) is 6.02. The predicted octanol–water partition coefficient (Wildman–Crippen LogP) is 1.04. The van der Waals surface area contributed by atoms with Crippen LogP contribution in [-0.2, 0) is 38.4 Å². The van der Waals surface area contributed by atoms with Crippen LogP contribution in [0.1, 0.15) is 36.3 Å². The van der Waals surface area contributed by atoms with Crippen molar-refractivity contribution >= 4 is 51.6 Å². The fourth-order valence-corrected chi connectivity index (χ4v) is 6.02. The van der Waals surface area contributed by atoms with Gasteiger partial charge in [-0.3, -0.25) is 14.2 Å². The van der Waals surface area contributed by atoms with E-state index in [4.69, 9.17) is 10.5 Å². The molecule has 262 valence electrons. The summed E-state index contributed by atoms with van der Waals surface area (Å²) in [5, 5.41) is 40.1. The van der Waals surface area contributed by atoms with Gasteiger partial charge >= 0.3 is 5.97 Å². The number of aliphatic hydroxyl groups excluding tert-OH is 2. The number of carbonyl (C=O) groups is 3. The van der Waals surface area contributed by atoms with Crippen LogP contribution in [0.5, 0.6) is 0 Å². The molecule has 2 amide bonds. The molecule has 5 atom stereocenters. The highest BCUT2D eigenvalue weighted by atomic mass is 16.6. The van der Waals surface area contributed by atoms with Gasteiger partial charge in [-0.25, -0.2) is 9.78 Å². The maximum Gasteiger partial charge on any atom is 0.326 e. The monoisotopic (exact) mass is 685 g/mol. The van der Waals surface area contributed by atoms with E-state index in [2.05, 4.69) is 35.9 Å². The Morgan fingerprint density at radius 2 is 1.78 bits per heavy atom. The van der Waals surface area contributed by atoms with E-state index in [9.17, 15) is 29.7 Å². The number of aliphatic carboxylic acids is 1. The molecule has 1 saturated heterocycles. The Morgan fingerprint density at radius 3 is 2.52 bits per heavy atom. The Kier molecular flexibility index (Phi) is 10.2. The lowest BCUT2D eigenvalue weighted by Gasteiger charge is -2.16. The van der Waals surface area contributed by atoms with E-state index in [-0.39, 0.29) is 41.7 Å². The van der Waals surface area contributed by atoms with Crippen LogP contribution in [0, 0.1) is 0 Å². The Morgan fingerprint density at radius 1 is 1.04 bits per heavy atom. The Hall–Kier alpha value is -5.58. The predicted molar refractivity (Wildman–Crippen MR) is 183 cm³/mol. The molecule has 1 aliphatic rings. The molecule has 4 heterocycles. The van der Waals surface area contributed by atoms with E-state index >= 15 is 0 Å². The van der Waals surface area contributed by atoms with E-state index in [1.54, 1.807) is 13.1 Å². The smallest absolute Gasteiger partial charge is 0.326 e. The second-order valence-corrected chi connectivity index (χ2v) is 12.1. The number of carbonyl (C=O) groups excluding carboxylic acids is 2. The number of nitrogens with one attached hydrogen (secondary N) is 4. The highest BCUT2D eigenvalue weighted by Gasteiger charge is 2.47. The highest BCUT2D eigenvalue weighted by Crippen LogP contribution is 2.32. The number of hydrogen-bond donors (Lipinski definition) is 8. The van der Waals surface area contributed by atoms with Crippen LogP contribution < -0.4 is 21.7 Å². The second kappa shape index (κ2) is 14.9. The molecule has 9 N–H and O–H groups in total. The first kappa shape index (κ1) is 34.3. The van der Waals surface area contributed by atoms with Crippen molar-refractivity contribution < 1.29 is 34.4 Å². The third-order valence-electron chi connectivity index (χ3n) is 8.66. The zero-order chi connectivity index (χ0) is 35.4. The van der Waals surface area contributed by atoms with Crippen LogP contribution >= 0.6 is 0 Å². The van der Waals surface area contributed by atoms with Crippen molar-refractivity contribution in [2.75, 3.05) is 24.1 Å². The van der Waals surface area contributed by atoms with Gasteiger partial charge in [0.2, 0.25) is 11.9 Å². The Labute approximate surface area is 286 Å². The van der Waals surface area contributed by atoms with Crippen molar-refractivity contribution in [3.05, 3.63) is 77.7 Å². The second-order valence-electron chi connectivity index (χ2n) is 12.1. The van der Waals surface area contributed by atoms with Crippen molar-refractivity contribution in [2.24, 2.45) is 0 Å². The number of nitrogens with zero attached hydrogens (tertiary/aromatic N) is 4. The van der Waals surface area contributed by atoms with Gasteiger partial charge in [0.05, 0.1) is 6.33 Å². The van der Waals surface area contributed by atoms with Gasteiger partial charge in [0, 0.05) is 43.0 Å². The van der Waals surface area contributed by atoms with E-state index in [0.717, 1.165) is 27.6 Å². The average molecular weight is 686 g/mol. The van der Waals surface area contributed by atoms with Crippen LogP contribution in [0.25, 0.3) is 22.1 Å². The van der Waals surface area contributed by atoms with Crippen molar-refractivity contribution in [1.82, 2.24) is 35.1 Å². The molecule has 0 unspecified atom stereocenters. The maximum atomic E-state index is 12.7. The van der Waals surface area contributed by atoms with Gasteiger partial charge in [0.25, 0.3) is 5.91 Å². The van der Waals surface area contributed by atoms with Crippen LogP contribution in [0.15, 0.2) is 61.1 Å². The van der Waals surface area contributed by atoms with E-state index in [1.165, 1.54) is 10.9 Å². The van der Waals surface area contributed by atoms with Crippen LogP contribution in [-0.4, -0.2) is 95.0 Å². The average Bonchev–Trinajstić information content (AvgIpc) is 3.80. The number of imidazole rings is 1. The van der Waals surface area contributed by atoms with Gasteiger partial charge in [-0.2, -0.15) is 9.97 Å². The molecule has 16 nitrogen and oxygen atoms in total. The molecule has 1 fully saturated rings. The van der Waals surface area contributed by atoms with Gasteiger partial charge in [-0.1, -0.05) is 42.5 Å². The van der Waals surface area contributed by atoms with Gasteiger partial charge in [-0.15, -0.1) is 0 Å². The number of hydrogen-bond acceptors (Lipinski definition) is 11. The SMILES string of the molecule is CCNC(=O)[C@H]1O[C@@H](n2cnc3c(N)nc(NCCc4ccc(CCC(=O)N[C@@H](Cc5c[nH]c6ccccc56)C(=O)O)cc4)nc32)[C@H](O)[C@@H]1O. The first-order valence-corrected chi connectivity index (χ1v) is 16.3. The first-order chi connectivity index (χ1) is 24.1. The standard InChI is InChI=1S/C34H39N9O7/c1-2-36-31(47)28-26(45)27(46)32(50-28)43-17-39-25-29(35)41-34(42-30(25)43)37-14-13-19-9-7-18(8-10-19)11-12-24(44)40-23(33(48)49)15-20-16-38-22-6-4-3-5-21(20)22/h3-10,16-17,23,26-28,32,38,45-46H,2,11-15H2,1H3,(H,36,47)(H,40,44)(H,48,49)(H3,35,37,41,42)/t23-,26-,27+,28-,32+/m0/s1. The topological polar surface area (TPSA) is 243 Å². The molecule has 2 aromatic carbocycles. The molecule has 16 heteroatoms. The molecule has 0 bridgehead atoms. The summed E-state index contributed by atoms with van der Waals surface area (Å²) in [5.74, 6) is -1.64. The number of aryl methyl sites for hydroxylation is 1. The highest BCUT2D eigenvalue weighted by molar-refractivity contribution is 5.87. The number of rotatable bonds is 14. The van der Waals surface area contributed by atoms with Crippen molar-refractivity contribution in [3.8, 4) is 0 Å². The lowest BCUT2D eigenvalue weighted by atomic mass is 10.0. The molecule has 0 aliphatic carbocycles. The number of aromatic amines is 1. The number of para-hydroxylation sites is 1. The largest absolute Gasteiger partial charge is 0.480 e. The molecular formula is C34H39N9O7. The number of carboxylic acid groups (broad SMARTS) is 1. The first-order valence-electron chi connectivity index (χ1n) is 16.3. The molecule has 6 rings (SSSR count). The van der Waals surface area contributed by atoms with Crippen LogP contribution in [0.3, 0.4) is 0 Å². The number of likely N-dealkylation sites (N-methyl/N-ethyl adjacent to an activating group) is 1. The number of carboxylic acids is 1. The zero-order valence-electron chi connectivity index (χ0n) is 27.2. The van der Waals surface area contributed by atoms with E-state index < -0.39 is 42.5 Å². The van der Waals surface area contributed by atoms with Gasteiger partial charge in [0.15, 0.2) is 23.8 Å². The minimum absolute atomic E-state index is 0.102. The summed E-state index contributed by atoms with van der Waals surface area (Å²) in [5.41, 5.74) is 10.4. The third kappa shape index (κ3) is 7.36. The summed E-state index contributed by atoms with van der Waals surface area (Å²) in [6.45, 7) is 2.53. The summed E-state index contributed by atoms with van der Waals surface area (Å²) in [6.07, 6.45) is -0.741. The van der Waals surface area contributed by atoms with E-state index in [0.29, 0.717) is 25.9 Å². The lowest BCUT2D eigenvalue weighted by molar-refractivity contribution is -0.141. The summed E-state index contributed by atoms with van der Waals surface area (Å²) in [4.78, 5) is 53.1. The van der Waals surface area contributed by atoms with Crippen LogP contribution in [0.4, 0.5) is 11.8 Å². The lowest BCUT2D eigenvalue weighted by Crippen LogP contribution is -2.42. The van der Waals surface area contributed by atoms with Crippen molar-refractivity contribution in [3.63, 3.8) is 0 Å². The normalized spacial score (nSPS) is 19.4. The number of aromatic nitrogens is 5. The molecule has 5 aromatic rings. The number of amides is 2. The molecule has 0 spiro atoms. The maximum absolute atomic E-state index is 12.7. The summed E-state index contributed by atoms with van der Waals surface area (Å²) in [6, 6.07) is 14.3. The Balaban J connectivity index is 1.01. The Bertz CT molecular complexity index is 1990. The van der Waals surface area contributed by atoms with E-state index in [1.807, 2.05) is 48.5 Å². The number of anilines is 2. The van der Waals surface area contributed by atoms with Crippen molar-refractivity contribution in [1.29, 1.82) is 0 Å². The molecule has 50 heavy (non-hydrogen) atoms. The number of nitrogen functional groups attached to an aromatic ring is 1. The molecular weight excluding hydrogens is 646 g/mol.